The number of hydrogen-bond donors (Lipinski definition) is 1. The van der Waals surface area contributed by atoms with Gasteiger partial charge in [-0.05, 0) is 54.3 Å². The molecule has 1 atom stereocenters. The van der Waals surface area contributed by atoms with E-state index in [0.29, 0.717) is 0 Å². The van der Waals surface area contributed by atoms with E-state index in [1.165, 1.54) is 27.5 Å². The van der Waals surface area contributed by atoms with Crippen molar-refractivity contribution in [3.63, 3.8) is 0 Å². The number of hydrogen-bond acceptors (Lipinski definition) is 1. The van der Waals surface area contributed by atoms with E-state index in [2.05, 4.69) is 44.2 Å². The van der Waals surface area contributed by atoms with Crippen LogP contribution in [0.5, 0.6) is 0 Å². The van der Waals surface area contributed by atoms with Crippen LogP contribution in [0, 0.1) is 13.8 Å². The summed E-state index contributed by atoms with van der Waals surface area (Å²) in [7, 11) is 0. The molecule has 2 aromatic carbocycles. The first kappa shape index (κ1) is 10.2. The summed E-state index contributed by atoms with van der Waals surface area (Å²) in [6.45, 7) is 6.31. The molecule has 0 aromatic heterocycles. The van der Waals surface area contributed by atoms with Crippen molar-refractivity contribution in [1.82, 2.24) is 0 Å². The molecule has 0 saturated heterocycles. The Kier molecular flexibility index (Phi) is 2.49. The predicted octanol–water partition coefficient (Wildman–Crippen LogP) is 3.48. The fourth-order valence-corrected chi connectivity index (χ4v) is 1.83. The van der Waals surface area contributed by atoms with Gasteiger partial charge in [-0.15, -0.1) is 0 Å². The van der Waals surface area contributed by atoms with Crippen LogP contribution in [0.15, 0.2) is 30.3 Å². The largest absolute Gasteiger partial charge is 0.324 e. The zero-order valence-corrected chi connectivity index (χ0v) is 9.54. The summed E-state index contributed by atoms with van der Waals surface area (Å²) < 4.78 is 0. The highest BCUT2D eigenvalue weighted by Crippen LogP contribution is 2.22. The molecule has 1 nitrogen and oxygen atoms in total. The number of aryl methyl sites for hydroxylation is 2. The van der Waals surface area contributed by atoms with Gasteiger partial charge in [0, 0.05) is 6.04 Å². The fraction of sp³-hybridized carbons (Fsp3) is 0.286. The number of fused-ring (bicyclic) bond motifs is 1. The van der Waals surface area contributed by atoms with Crippen LogP contribution in [0.3, 0.4) is 0 Å². The van der Waals surface area contributed by atoms with Gasteiger partial charge in [-0.1, -0.05) is 24.3 Å². The van der Waals surface area contributed by atoms with E-state index in [9.17, 15) is 0 Å². The van der Waals surface area contributed by atoms with Crippen molar-refractivity contribution < 1.29 is 0 Å². The van der Waals surface area contributed by atoms with Gasteiger partial charge in [0.15, 0.2) is 0 Å². The molecule has 0 heterocycles. The quantitative estimate of drug-likeness (QED) is 0.747. The van der Waals surface area contributed by atoms with Gasteiger partial charge < -0.3 is 5.73 Å². The topological polar surface area (TPSA) is 26.0 Å². The Morgan fingerprint density at radius 3 is 2.13 bits per heavy atom. The lowest BCUT2D eigenvalue weighted by molar-refractivity contribution is 0.820. The van der Waals surface area contributed by atoms with Crippen LogP contribution < -0.4 is 5.73 Å². The SMILES string of the molecule is Cc1cc2ccc([C@@H](C)N)cc2cc1C. The van der Waals surface area contributed by atoms with Crippen molar-refractivity contribution in [3.05, 3.63) is 47.0 Å². The lowest BCUT2D eigenvalue weighted by atomic mass is 9.99. The molecule has 78 valence electrons. The lowest BCUT2D eigenvalue weighted by Crippen LogP contribution is -2.04. The molecule has 0 radical (unpaired) electrons. The maximum absolute atomic E-state index is 5.87. The van der Waals surface area contributed by atoms with Gasteiger partial charge in [0.25, 0.3) is 0 Å². The monoisotopic (exact) mass is 199 g/mol. The molecule has 2 N–H and O–H groups in total. The van der Waals surface area contributed by atoms with Gasteiger partial charge in [-0.2, -0.15) is 0 Å². The highest BCUT2D eigenvalue weighted by atomic mass is 14.6. The normalized spacial score (nSPS) is 13.1. The molecule has 0 aliphatic heterocycles. The van der Waals surface area contributed by atoms with Gasteiger partial charge in [0.05, 0.1) is 0 Å². The average molecular weight is 199 g/mol. The van der Waals surface area contributed by atoms with Gasteiger partial charge in [0.1, 0.15) is 0 Å². The first-order valence-electron chi connectivity index (χ1n) is 5.34. The zero-order valence-electron chi connectivity index (χ0n) is 9.54. The molecule has 0 spiro atoms. The van der Waals surface area contributed by atoms with E-state index < -0.39 is 0 Å². The highest BCUT2D eigenvalue weighted by Gasteiger charge is 2.02. The molecule has 0 aliphatic rings. The van der Waals surface area contributed by atoms with Gasteiger partial charge in [-0.25, -0.2) is 0 Å². The van der Waals surface area contributed by atoms with Crippen LogP contribution in [0.25, 0.3) is 10.8 Å². The fourth-order valence-electron chi connectivity index (χ4n) is 1.83. The number of benzene rings is 2. The third kappa shape index (κ3) is 1.88. The van der Waals surface area contributed by atoms with Crippen LogP contribution in [0.2, 0.25) is 0 Å². The molecule has 15 heavy (non-hydrogen) atoms. The molecular weight excluding hydrogens is 182 g/mol. The van der Waals surface area contributed by atoms with Crippen molar-refractivity contribution >= 4 is 10.8 Å². The average Bonchev–Trinajstić information content (AvgIpc) is 2.19. The highest BCUT2D eigenvalue weighted by molar-refractivity contribution is 5.84. The molecule has 2 aromatic rings. The molecule has 0 amide bonds. The van der Waals surface area contributed by atoms with Crippen molar-refractivity contribution in [2.24, 2.45) is 5.73 Å². The summed E-state index contributed by atoms with van der Waals surface area (Å²) in [5.41, 5.74) is 9.75. The number of rotatable bonds is 1. The molecular formula is C14H17N. The van der Waals surface area contributed by atoms with Gasteiger partial charge in [0.2, 0.25) is 0 Å². The summed E-state index contributed by atoms with van der Waals surface area (Å²) in [4.78, 5) is 0. The Bertz CT molecular complexity index is 498. The molecule has 0 aliphatic carbocycles. The first-order chi connectivity index (χ1) is 7.08. The third-order valence-electron chi connectivity index (χ3n) is 3.00. The second kappa shape index (κ2) is 3.67. The Morgan fingerprint density at radius 1 is 0.933 bits per heavy atom. The Morgan fingerprint density at radius 2 is 1.53 bits per heavy atom. The van der Waals surface area contributed by atoms with E-state index in [1.54, 1.807) is 0 Å². The van der Waals surface area contributed by atoms with Crippen molar-refractivity contribution in [2.45, 2.75) is 26.8 Å². The van der Waals surface area contributed by atoms with E-state index in [1.807, 2.05) is 6.92 Å². The predicted molar refractivity (Wildman–Crippen MR) is 66.0 cm³/mol. The third-order valence-corrected chi connectivity index (χ3v) is 3.00. The zero-order chi connectivity index (χ0) is 11.0. The van der Waals surface area contributed by atoms with Crippen molar-refractivity contribution in [3.8, 4) is 0 Å². The molecule has 0 saturated carbocycles. The smallest absolute Gasteiger partial charge is 0.0266 e. The van der Waals surface area contributed by atoms with E-state index in [4.69, 9.17) is 5.73 Å². The van der Waals surface area contributed by atoms with Gasteiger partial charge >= 0.3 is 0 Å². The summed E-state index contributed by atoms with van der Waals surface area (Å²) in [5, 5.41) is 2.58. The Hall–Kier alpha value is -1.34. The van der Waals surface area contributed by atoms with Crippen molar-refractivity contribution in [1.29, 1.82) is 0 Å². The summed E-state index contributed by atoms with van der Waals surface area (Å²) in [6.07, 6.45) is 0. The van der Waals surface area contributed by atoms with E-state index in [0.717, 1.165) is 0 Å². The van der Waals surface area contributed by atoms with Crippen LogP contribution in [0.4, 0.5) is 0 Å². The standard InChI is InChI=1S/C14H17N/c1-9-6-13-5-4-12(11(3)15)8-14(13)7-10(9)2/h4-8,11H,15H2,1-3H3/t11-/m1/s1. The van der Waals surface area contributed by atoms with Crippen LogP contribution in [0.1, 0.15) is 29.7 Å². The second-order valence-electron chi connectivity index (χ2n) is 4.33. The van der Waals surface area contributed by atoms with E-state index >= 15 is 0 Å². The van der Waals surface area contributed by atoms with Crippen molar-refractivity contribution in [2.75, 3.05) is 0 Å². The van der Waals surface area contributed by atoms with Crippen LogP contribution >= 0.6 is 0 Å². The second-order valence-corrected chi connectivity index (χ2v) is 4.33. The molecule has 2 rings (SSSR count). The molecule has 1 heteroatoms. The molecule has 0 fully saturated rings. The maximum Gasteiger partial charge on any atom is 0.0266 e. The molecule has 0 unspecified atom stereocenters. The Labute approximate surface area is 90.9 Å². The minimum Gasteiger partial charge on any atom is -0.324 e. The number of nitrogens with two attached hydrogens (primary N) is 1. The summed E-state index contributed by atoms with van der Waals surface area (Å²) >= 11 is 0. The minimum atomic E-state index is 0.107. The molecule has 0 bridgehead atoms. The summed E-state index contributed by atoms with van der Waals surface area (Å²) in [6, 6.07) is 11.0. The lowest BCUT2D eigenvalue weighted by Gasteiger charge is -2.09. The van der Waals surface area contributed by atoms with Gasteiger partial charge in [-0.3, -0.25) is 0 Å². The summed E-state index contributed by atoms with van der Waals surface area (Å²) in [5.74, 6) is 0. The van der Waals surface area contributed by atoms with E-state index in [-0.39, 0.29) is 6.04 Å². The van der Waals surface area contributed by atoms with Crippen LogP contribution in [-0.4, -0.2) is 0 Å². The minimum absolute atomic E-state index is 0.107. The first-order valence-corrected chi connectivity index (χ1v) is 5.34. The Balaban J connectivity index is 2.66. The maximum atomic E-state index is 5.87. The van der Waals surface area contributed by atoms with Crippen LogP contribution in [-0.2, 0) is 0 Å².